The van der Waals surface area contributed by atoms with Crippen LogP contribution < -0.4 is 15.6 Å². The van der Waals surface area contributed by atoms with Gasteiger partial charge in [-0.15, -0.1) is 0 Å². The average Bonchev–Trinajstić information content (AvgIpc) is 2.83. The van der Waals surface area contributed by atoms with Gasteiger partial charge in [-0.25, -0.2) is 9.97 Å². The summed E-state index contributed by atoms with van der Waals surface area (Å²) < 4.78 is 31.1. The Morgan fingerprint density at radius 1 is 1.03 bits per heavy atom. The Morgan fingerprint density at radius 2 is 1.85 bits per heavy atom. The lowest BCUT2D eigenvalue weighted by molar-refractivity contribution is -0.0498. The highest BCUT2D eigenvalue weighted by molar-refractivity contribution is 5.93. The van der Waals surface area contributed by atoms with Crippen LogP contribution in [-0.2, 0) is 0 Å². The van der Waals surface area contributed by atoms with E-state index in [2.05, 4.69) is 25.0 Å². The van der Waals surface area contributed by atoms with Gasteiger partial charge in [-0.05, 0) is 42.0 Å². The van der Waals surface area contributed by atoms with Crippen LogP contribution >= 0.6 is 0 Å². The van der Waals surface area contributed by atoms with E-state index in [-0.39, 0.29) is 11.3 Å². The van der Waals surface area contributed by atoms with Gasteiger partial charge in [0.2, 0.25) is 5.95 Å². The van der Waals surface area contributed by atoms with E-state index in [1.165, 1.54) is 16.7 Å². The topological polar surface area (TPSA) is 81.9 Å². The minimum atomic E-state index is -2.93. The summed E-state index contributed by atoms with van der Waals surface area (Å²) in [5.74, 6) is 0.359. The molecular formula is C24H17F2N5O2. The van der Waals surface area contributed by atoms with Crippen LogP contribution in [0.3, 0.4) is 0 Å². The smallest absolute Gasteiger partial charge is 0.387 e. The maximum absolute atomic E-state index is 13.7. The summed E-state index contributed by atoms with van der Waals surface area (Å²) in [6.07, 6.45) is 5.03. The van der Waals surface area contributed by atoms with Crippen LogP contribution in [-0.4, -0.2) is 33.2 Å². The molecular weight excluding hydrogens is 428 g/mol. The number of pyridine rings is 2. The number of hydrogen-bond donors (Lipinski definition) is 1. The van der Waals surface area contributed by atoms with Gasteiger partial charge in [0.15, 0.2) is 0 Å². The first-order valence-corrected chi connectivity index (χ1v) is 10.0. The summed E-state index contributed by atoms with van der Waals surface area (Å²) in [6.45, 7) is -2.93. The fraction of sp³-hybridized carbons (Fsp3) is 0.0833. The SMILES string of the molecule is CNc1ncc2cn(-c3ccc4ncccc4c3)c(=O)c(-c3ccc(OC(F)F)cc3)c2n1. The Kier molecular flexibility index (Phi) is 5.14. The maximum Gasteiger partial charge on any atom is 0.387 e. The predicted octanol–water partition coefficient (Wildman–Crippen LogP) is 4.64. The van der Waals surface area contributed by atoms with Gasteiger partial charge < -0.3 is 10.1 Å². The molecule has 0 amide bonds. The fourth-order valence-corrected chi connectivity index (χ4v) is 3.69. The molecule has 0 aliphatic rings. The predicted molar refractivity (Wildman–Crippen MR) is 122 cm³/mol. The van der Waals surface area contributed by atoms with Crippen molar-refractivity contribution in [3.63, 3.8) is 0 Å². The Balaban J connectivity index is 1.75. The highest BCUT2D eigenvalue weighted by Crippen LogP contribution is 2.28. The van der Waals surface area contributed by atoms with Crippen LogP contribution in [0.1, 0.15) is 0 Å². The summed E-state index contributed by atoms with van der Waals surface area (Å²) in [5, 5.41) is 4.40. The lowest BCUT2D eigenvalue weighted by atomic mass is 10.0. The molecule has 5 aromatic rings. The van der Waals surface area contributed by atoms with Crippen molar-refractivity contribution in [1.29, 1.82) is 0 Å². The Morgan fingerprint density at radius 3 is 2.61 bits per heavy atom. The van der Waals surface area contributed by atoms with E-state index in [1.807, 2.05) is 30.3 Å². The van der Waals surface area contributed by atoms with Crippen LogP contribution in [0, 0.1) is 0 Å². The zero-order valence-electron chi connectivity index (χ0n) is 17.4. The second kappa shape index (κ2) is 8.27. The summed E-state index contributed by atoms with van der Waals surface area (Å²) in [7, 11) is 1.68. The molecule has 164 valence electrons. The molecule has 0 aliphatic carbocycles. The Bertz CT molecular complexity index is 1530. The highest BCUT2D eigenvalue weighted by atomic mass is 19.3. The molecule has 1 N–H and O–H groups in total. The first-order valence-electron chi connectivity index (χ1n) is 10.0. The van der Waals surface area contributed by atoms with Crippen LogP contribution in [0.25, 0.3) is 38.6 Å². The molecule has 9 heteroatoms. The third kappa shape index (κ3) is 3.84. The van der Waals surface area contributed by atoms with Gasteiger partial charge in [0.1, 0.15) is 5.75 Å². The molecule has 0 unspecified atom stereocenters. The van der Waals surface area contributed by atoms with Crippen LogP contribution in [0.5, 0.6) is 5.75 Å². The number of benzene rings is 2. The second-order valence-electron chi connectivity index (χ2n) is 7.21. The lowest BCUT2D eigenvalue weighted by Gasteiger charge is -2.13. The van der Waals surface area contributed by atoms with Gasteiger partial charge in [0.25, 0.3) is 5.56 Å². The number of hydrogen-bond acceptors (Lipinski definition) is 6. The van der Waals surface area contributed by atoms with E-state index in [9.17, 15) is 13.6 Å². The number of rotatable bonds is 5. The molecule has 7 nitrogen and oxygen atoms in total. The molecule has 5 rings (SSSR count). The van der Waals surface area contributed by atoms with E-state index in [0.29, 0.717) is 33.7 Å². The normalized spacial score (nSPS) is 11.3. The number of nitrogens with one attached hydrogen (secondary N) is 1. The minimum Gasteiger partial charge on any atom is -0.435 e. The van der Waals surface area contributed by atoms with Gasteiger partial charge in [-0.1, -0.05) is 18.2 Å². The van der Waals surface area contributed by atoms with Crippen LogP contribution in [0.4, 0.5) is 14.7 Å². The van der Waals surface area contributed by atoms with Crippen LogP contribution in [0.2, 0.25) is 0 Å². The molecule has 33 heavy (non-hydrogen) atoms. The number of nitrogens with zero attached hydrogens (tertiary/aromatic N) is 4. The van der Waals surface area contributed by atoms with E-state index in [1.54, 1.807) is 37.8 Å². The van der Waals surface area contributed by atoms with E-state index >= 15 is 0 Å². The standard InChI is InChI=1S/C24H17F2N5O2/c1-27-24-29-12-16-13-31(17-6-9-19-15(11-17)3-2-10-28-19)22(32)20(21(16)30-24)14-4-7-18(8-5-14)33-23(25)26/h2-13,23H,1H3,(H,27,30). The van der Waals surface area contributed by atoms with E-state index < -0.39 is 6.61 Å². The van der Waals surface area contributed by atoms with E-state index in [4.69, 9.17) is 0 Å². The molecule has 0 bridgehead atoms. The molecule has 0 radical (unpaired) electrons. The number of alkyl halides is 2. The summed E-state index contributed by atoms with van der Waals surface area (Å²) in [4.78, 5) is 26.8. The van der Waals surface area contributed by atoms with Gasteiger partial charge >= 0.3 is 6.61 Å². The highest BCUT2D eigenvalue weighted by Gasteiger charge is 2.16. The first kappa shape index (κ1) is 20.5. The minimum absolute atomic E-state index is 0.00174. The molecule has 2 aromatic carbocycles. The maximum atomic E-state index is 13.7. The summed E-state index contributed by atoms with van der Waals surface area (Å²) in [6, 6.07) is 15.2. The van der Waals surface area contributed by atoms with Crippen molar-refractivity contribution in [3.8, 4) is 22.6 Å². The molecule has 0 fully saturated rings. The van der Waals surface area contributed by atoms with Crippen molar-refractivity contribution < 1.29 is 13.5 Å². The van der Waals surface area contributed by atoms with Crippen molar-refractivity contribution in [1.82, 2.24) is 19.5 Å². The third-order valence-electron chi connectivity index (χ3n) is 5.21. The number of anilines is 1. The fourth-order valence-electron chi connectivity index (χ4n) is 3.69. The van der Waals surface area contributed by atoms with Crippen molar-refractivity contribution in [2.75, 3.05) is 12.4 Å². The Labute approximate surface area is 186 Å². The van der Waals surface area contributed by atoms with Gasteiger partial charge in [0.05, 0.1) is 16.6 Å². The number of halogens is 2. The summed E-state index contributed by atoms with van der Waals surface area (Å²) >= 11 is 0. The molecule has 3 heterocycles. The number of aromatic nitrogens is 4. The molecule has 0 aliphatic heterocycles. The van der Waals surface area contributed by atoms with Crippen LogP contribution in [0.15, 0.2) is 78.0 Å². The van der Waals surface area contributed by atoms with Gasteiger partial charge in [0, 0.05) is 42.1 Å². The molecule has 0 atom stereocenters. The lowest BCUT2D eigenvalue weighted by Crippen LogP contribution is -2.20. The van der Waals surface area contributed by atoms with Crippen molar-refractivity contribution in [3.05, 3.63) is 83.5 Å². The Hall–Kier alpha value is -4.40. The first-order chi connectivity index (χ1) is 16.0. The van der Waals surface area contributed by atoms with Gasteiger partial charge in [-0.3, -0.25) is 14.3 Å². The number of ether oxygens (including phenoxy) is 1. The van der Waals surface area contributed by atoms with E-state index in [0.717, 1.165) is 10.9 Å². The quantitative estimate of drug-likeness (QED) is 0.425. The average molecular weight is 445 g/mol. The molecule has 0 spiro atoms. The second-order valence-corrected chi connectivity index (χ2v) is 7.21. The molecule has 0 saturated carbocycles. The molecule has 3 aromatic heterocycles. The molecule has 0 saturated heterocycles. The summed E-state index contributed by atoms with van der Waals surface area (Å²) in [5.41, 5.74) is 2.44. The monoisotopic (exact) mass is 445 g/mol. The van der Waals surface area contributed by atoms with Crippen molar-refractivity contribution >= 4 is 27.8 Å². The zero-order valence-corrected chi connectivity index (χ0v) is 17.4. The number of fused-ring (bicyclic) bond motifs is 2. The zero-order chi connectivity index (χ0) is 22.9. The largest absolute Gasteiger partial charge is 0.435 e. The third-order valence-corrected chi connectivity index (χ3v) is 5.21. The van der Waals surface area contributed by atoms with Crippen molar-refractivity contribution in [2.45, 2.75) is 6.61 Å². The van der Waals surface area contributed by atoms with Gasteiger partial charge in [-0.2, -0.15) is 8.78 Å². The van der Waals surface area contributed by atoms with Crippen molar-refractivity contribution in [2.24, 2.45) is 0 Å².